The van der Waals surface area contributed by atoms with Crippen LogP contribution >= 0.6 is 22.9 Å². The summed E-state index contributed by atoms with van der Waals surface area (Å²) in [5, 5.41) is 16.7. The molecule has 1 amide bonds. The van der Waals surface area contributed by atoms with Gasteiger partial charge in [0.25, 0.3) is 5.91 Å². The Morgan fingerprint density at radius 3 is 3.00 bits per heavy atom. The van der Waals surface area contributed by atoms with Crippen LogP contribution < -0.4 is 10.2 Å². The van der Waals surface area contributed by atoms with E-state index in [0.717, 1.165) is 10.9 Å². The lowest BCUT2D eigenvalue weighted by Gasteiger charge is -2.05. The summed E-state index contributed by atoms with van der Waals surface area (Å²) in [5.74, 6) is -0.566. The van der Waals surface area contributed by atoms with E-state index in [9.17, 15) is 14.9 Å². The summed E-state index contributed by atoms with van der Waals surface area (Å²) in [6, 6.07) is 7.63. The van der Waals surface area contributed by atoms with Crippen LogP contribution in [-0.2, 0) is 4.79 Å². The first-order valence-corrected chi connectivity index (χ1v) is 7.24. The highest BCUT2D eigenvalue weighted by molar-refractivity contribution is 7.11. The van der Waals surface area contributed by atoms with E-state index in [2.05, 4.69) is 10.5 Å². The average Bonchev–Trinajstić information content (AvgIpc) is 2.99. The smallest absolute Gasteiger partial charge is 0.312 e. The number of hydrazone groups is 1. The minimum atomic E-state index is -0.631. The Kier molecular flexibility index (Phi) is 5.45. The van der Waals surface area contributed by atoms with Crippen molar-refractivity contribution < 1.29 is 14.5 Å². The summed E-state index contributed by atoms with van der Waals surface area (Å²) in [6.45, 7) is -0.399. The summed E-state index contributed by atoms with van der Waals surface area (Å²) in [7, 11) is 0. The minimum absolute atomic E-state index is 0.0354. The van der Waals surface area contributed by atoms with Crippen molar-refractivity contribution in [2.24, 2.45) is 5.10 Å². The van der Waals surface area contributed by atoms with Gasteiger partial charge in [0.05, 0.1) is 11.1 Å². The van der Waals surface area contributed by atoms with Gasteiger partial charge in [-0.15, -0.1) is 11.3 Å². The highest BCUT2D eigenvalue weighted by Gasteiger charge is 2.16. The van der Waals surface area contributed by atoms with Crippen LogP contribution in [0.15, 0.2) is 40.8 Å². The second-order valence-corrected chi connectivity index (χ2v) is 5.38. The molecule has 0 fully saturated rings. The number of benzene rings is 1. The first-order valence-electron chi connectivity index (χ1n) is 5.98. The molecule has 1 aromatic heterocycles. The van der Waals surface area contributed by atoms with Gasteiger partial charge in [0.1, 0.15) is 0 Å². The van der Waals surface area contributed by atoms with Gasteiger partial charge in [-0.25, -0.2) is 5.43 Å². The Labute approximate surface area is 134 Å². The molecule has 1 heterocycles. The maximum absolute atomic E-state index is 11.6. The molecule has 0 spiro atoms. The Balaban J connectivity index is 1.90. The first-order chi connectivity index (χ1) is 10.6. The highest BCUT2D eigenvalue weighted by atomic mass is 35.5. The Morgan fingerprint density at radius 2 is 2.32 bits per heavy atom. The summed E-state index contributed by atoms with van der Waals surface area (Å²) >= 11 is 7.16. The molecule has 0 aliphatic heterocycles. The number of hydrogen-bond acceptors (Lipinski definition) is 6. The summed E-state index contributed by atoms with van der Waals surface area (Å²) in [6.07, 6.45) is 1.49. The molecule has 2 rings (SSSR count). The molecule has 1 N–H and O–H groups in total. The van der Waals surface area contributed by atoms with Crippen molar-refractivity contribution in [3.8, 4) is 5.75 Å². The molecule has 2 aromatic rings. The number of nitrogens with one attached hydrogen (secondary N) is 1. The van der Waals surface area contributed by atoms with Crippen molar-refractivity contribution in [3.63, 3.8) is 0 Å². The largest absolute Gasteiger partial charge is 0.477 e. The number of halogens is 1. The molecule has 0 saturated heterocycles. The predicted octanol–water partition coefficient (Wildman–Crippen LogP) is 2.84. The van der Waals surface area contributed by atoms with E-state index < -0.39 is 17.4 Å². The third-order valence-electron chi connectivity index (χ3n) is 2.40. The molecule has 0 saturated carbocycles. The minimum Gasteiger partial charge on any atom is -0.477 e. The van der Waals surface area contributed by atoms with Crippen LogP contribution in [-0.4, -0.2) is 23.7 Å². The molecule has 7 nitrogen and oxygen atoms in total. The van der Waals surface area contributed by atoms with Crippen LogP contribution in [0.3, 0.4) is 0 Å². The van der Waals surface area contributed by atoms with E-state index in [1.54, 1.807) is 0 Å². The second kappa shape index (κ2) is 7.53. The van der Waals surface area contributed by atoms with Crippen molar-refractivity contribution >= 4 is 40.7 Å². The standard InChI is InChI=1S/C13H10ClN3O4S/c14-9-3-4-12(11(6-9)17(19)20)21-8-13(18)16-15-7-10-2-1-5-22-10/h1-7H,8H2,(H,16,18)/b15-7-. The van der Waals surface area contributed by atoms with Gasteiger partial charge < -0.3 is 4.74 Å². The lowest BCUT2D eigenvalue weighted by molar-refractivity contribution is -0.385. The SMILES string of the molecule is O=C(COc1ccc(Cl)cc1[N+](=O)[O-])N/N=C\c1cccs1. The highest BCUT2D eigenvalue weighted by Crippen LogP contribution is 2.29. The summed E-state index contributed by atoms with van der Waals surface area (Å²) in [4.78, 5) is 22.7. The Morgan fingerprint density at radius 1 is 1.50 bits per heavy atom. The fourth-order valence-corrected chi connectivity index (χ4v) is 2.21. The predicted molar refractivity (Wildman–Crippen MR) is 83.7 cm³/mol. The number of nitrogens with zero attached hydrogens (tertiary/aromatic N) is 2. The topological polar surface area (TPSA) is 93.8 Å². The summed E-state index contributed by atoms with van der Waals surface area (Å²) < 4.78 is 5.12. The number of carbonyl (C=O) groups is 1. The second-order valence-electron chi connectivity index (χ2n) is 3.97. The number of nitro groups is 1. The van der Waals surface area contributed by atoms with Gasteiger partial charge in [0, 0.05) is 16.0 Å². The molecular weight excluding hydrogens is 330 g/mol. The van der Waals surface area contributed by atoms with Gasteiger partial charge in [-0.3, -0.25) is 14.9 Å². The first kappa shape index (κ1) is 15.9. The van der Waals surface area contributed by atoms with Crippen molar-refractivity contribution in [2.75, 3.05) is 6.61 Å². The van der Waals surface area contributed by atoms with E-state index >= 15 is 0 Å². The zero-order chi connectivity index (χ0) is 15.9. The molecule has 0 bridgehead atoms. The van der Waals surface area contributed by atoms with Crippen molar-refractivity contribution in [1.29, 1.82) is 0 Å². The number of amides is 1. The van der Waals surface area contributed by atoms with Crippen LogP contribution in [0, 0.1) is 10.1 Å². The average molecular weight is 340 g/mol. The molecule has 0 unspecified atom stereocenters. The van der Waals surface area contributed by atoms with E-state index in [1.807, 2.05) is 17.5 Å². The molecule has 9 heteroatoms. The van der Waals surface area contributed by atoms with Crippen molar-refractivity contribution in [3.05, 3.63) is 55.7 Å². The number of thiophene rings is 1. The molecule has 0 aliphatic carbocycles. The van der Waals surface area contributed by atoms with Crippen LogP contribution in [0.25, 0.3) is 0 Å². The molecule has 1 aromatic carbocycles. The van der Waals surface area contributed by atoms with Gasteiger partial charge in [-0.1, -0.05) is 17.7 Å². The number of rotatable bonds is 6. The maximum Gasteiger partial charge on any atom is 0.312 e. The number of hydrogen-bond donors (Lipinski definition) is 1. The maximum atomic E-state index is 11.6. The summed E-state index contributed by atoms with van der Waals surface area (Å²) in [5.41, 5.74) is 1.96. The van der Waals surface area contributed by atoms with Crippen LogP contribution in [0.5, 0.6) is 5.75 Å². The quantitative estimate of drug-likeness (QED) is 0.497. The van der Waals surface area contributed by atoms with Gasteiger partial charge in [-0.2, -0.15) is 5.10 Å². The lowest BCUT2D eigenvalue weighted by Crippen LogP contribution is -2.24. The van der Waals surface area contributed by atoms with E-state index in [-0.39, 0.29) is 16.5 Å². The van der Waals surface area contributed by atoms with Crippen LogP contribution in [0.4, 0.5) is 5.69 Å². The third kappa shape index (κ3) is 4.54. The normalized spacial score (nSPS) is 10.6. The Bertz CT molecular complexity index is 703. The van der Waals surface area contributed by atoms with Crippen LogP contribution in [0.2, 0.25) is 5.02 Å². The van der Waals surface area contributed by atoms with E-state index in [1.165, 1.54) is 29.7 Å². The zero-order valence-corrected chi connectivity index (χ0v) is 12.6. The van der Waals surface area contributed by atoms with E-state index in [4.69, 9.17) is 16.3 Å². The number of nitro benzene ring substituents is 1. The molecule has 0 aliphatic rings. The van der Waals surface area contributed by atoms with Crippen LogP contribution in [0.1, 0.15) is 4.88 Å². The van der Waals surface area contributed by atoms with Crippen molar-refractivity contribution in [2.45, 2.75) is 0 Å². The third-order valence-corrected chi connectivity index (χ3v) is 3.44. The number of ether oxygens (including phenoxy) is 1. The van der Waals surface area contributed by atoms with E-state index in [0.29, 0.717) is 0 Å². The fraction of sp³-hybridized carbons (Fsp3) is 0.0769. The zero-order valence-electron chi connectivity index (χ0n) is 11.1. The van der Waals surface area contributed by atoms with Gasteiger partial charge in [0.2, 0.25) is 0 Å². The molecule has 0 radical (unpaired) electrons. The van der Waals surface area contributed by atoms with Crippen molar-refractivity contribution in [1.82, 2.24) is 5.43 Å². The van der Waals surface area contributed by atoms with Gasteiger partial charge >= 0.3 is 5.69 Å². The molecule has 22 heavy (non-hydrogen) atoms. The fourth-order valence-electron chi connectivity index (χ4n) is 1.46. The molecule has 0 atom stereocenters. The molecule has 114 valence electrons. The van der Waals surface area contributed by atoms with Gasteiger partial charge in [-0.05, 0) is 23.6 Å². The lowest BCUT2D eigenvalue weighted by atomic mass is 10.3. The monoisotopic (exact) mass is 339 g/mol. The molecular formula is C13H10ClN3O4S. The van der Waals surface area contributed by atoms with Gasteiger partial charge in [0.15, 0.2) is 12.4 Å². The number of carbonyl (C=O) groups excluding carboxylic acids is 1. The Hall–Kier alpha value is -2.45.